The lowest BCUT2D eigenvalue weighted by molar-refractivity contribution is 0.102. The predicted molar refractivity (Wildman–Crippen MR) is 92.5 cm³/mol. The van der Waals surface area contributed by atoms with E-state index in [-0.39, 0.29) is 5.91 Å². The van der Waals surface area contributed by atoms with Gasteiger partial charge in [-0.25, -0.2) is 9.97 Å². The molecule has 0 aliphatic carbocycles. The maximum absolute atomic E-state index is 12.3. The Morgan fingerprint density at radius 1 is 1.09 bits per heavy atom. The second-order valence-electron chi connectivity index (χ2n) is 5.37. The summed E-state index contributed by atoms with van der Waals surface area (Å²) in [6, 6.07) is 6.53. The SMILES string of the molecule is O=C(Nc1ccc(Cl)c(Cl)c1)c1ccnc(N2CCCCC2)n1. The summed E-state index contributed by atoms with van der Waals surface area (Å²) in [6.07, 6.45) is 5.10. The van der Waals surface area contributed by atoms with Gasteiger partial charge in [0.2, 0.25) is 5.95 Å². The van der Waals surface area contributed by atoms with Crippen molar-refractivity contribution >= 4 is 40.7 Å². The van der Waals surface area contributed by atoms with E-state index in [9.17, 15) is 4.79 Å². The highest BCUT2D eigenvalue weighted by Gasteiger charge is 2.16. The van der Waals surface area contributed by atoms with Crippen LogP contribution in [0.3, 0.4) is 0 Å². The quantitative estimate of drug-likeness (QED) is 0.907. The second kappa shape index (κ2) is 7.15. The van der Waals surface area contributed by atoms with Gasteiger partial charge in [-0.3, -0.25) is 4.79 Å². The van der Waals surface area contributed by atoms with Gasteiger partial charge < -0.3 is 10.2 Å². The maximum Gasteiger partial charge on any atom is 0.274 e. The van der Waals surface area contributed by atoms with Crippen molar-refractivity contribution in [3.8, 4) is 0 Å². The zero-order chi connectivity index (χ0) is 16.2. The van der Waals surface area contributed by atoms with Gasteiger partial charge in [-0.15, -0.1) is 0 Å². The molecule has 0 spiro atoms. The molecule has 1 aromatic carbocycles. The number of hydrogen-bond acceptors (Lipinski definition) is 4. The van der Waals surface area contributed by atoms with E-state index in [4.69, 9.17) is 23.2 Å². The van der Waals surface area contributed by atoms with E-state index in [2.05, 4.69) is 20.2 Å². The fourth-order valence-electron chi connectivity index (χ4n) is 2.49. The van der Waals surface area contributed by atoms with Gasteiger partial charge in [-0.1, -0.05) is 23.2 Å². The summed E-state index contributed by atoms with van der Waals surface area (Å²) < 4.78 is 0. The molecule has 1 aliphatic heterocycles. The molecule has 1 N–H and O–H groups in total. The fourth-order valence-corrected chi connectivity index (χ4v) is 2.79. The summed E-state index contributed by atoms with van der Waals surface area (Å²) in [7, 11) is 0. The topological polar surface area (TPSA) is 58.1 Å². The van der Waals surface area contributed by atoms with E-state index >= 15 is 0 Å². The van der Waals surface area contributed by atoms with Gasteiger partial charge in [0, 0.05) is 25.0 Å². The van der Waals surface area contributed by atoms with Crippen LogP contribution in [0.25, 0.3) is 0 Å². The van der Waals surface area contributed by atoms with Crippen LogP contribution in [0.4, 0.5) is 11.6 Å². The molecule has 1 saturated heterocycles. The van der Waals surface area contributed by atoms with E-state index in [1.165, 1.54) is 6.42 Å². The number of anilines is 2. The fraction of sp³-hybridized carbons (Fsp3) is 0.312. The Kier molecular flexibility index (Phi) is 4.98. The monoisotopic (exact) mass is 350 g/mol. The Balaban J connectivity index is 1.75. The maximum atomic E-state index is 12.3. The zero-order valence-electron chi connectivity index (χ0n) is 12.4. The summed E-state index contributed by atoms with van der Waals surface area (Å²) in [5, 5.41) is 3.60. The van der Waals surface area contributed by atoms with Crippen molar-refractivity contribution in [2.75, 3.05) is 23.3 Å². The number of amides is 1. The number of aromatic nitrogens is 2. The average molecular weight is 351 g/mol. The molecule has 0 saturated carbocycles. The Morgan fingerprint density at radius 2 is 1.87 bits per heavy atom. The normalized spacial score (nSPS) is 14.6. The van der Waals surface area contributed by atoms with Crippen LogP contribution >= 0.6 is 23.2 Å². The van der Waals surface area contributed by atoms with Crippen LogP contribution in [0, 0.1) is 0 Å². The Morgan fingerprint density at radius 3 is 2.61 bits per heavy atom. The summed E-state index contributed by atoms with van der Waals surface area (Å²) in [4.78, 5) is 23.1. The highest BCUT2D eigenvalue weighted by molar-refractivity contribution is 6.42. The Hall–Kier alpha value is -1.85. The number of nitrogens with one attached hydrogen (secondary N) is 1. The van der Waals surface area contributed by atoms with Crippen LogP contribution in [0.1, 0.15) is 29.8 Å². The summed E-state index contributed by atoms with van der Waals surface area (Å²) in [5.74, 6) is 0.301. The first-order valence-electron chi connectivity index (χ1n) is 7.48. The molecule has 120 valence electrons. The molecule has 3 rings (SSSR count). The van der Waals surface area contributed by atoms with Crippen molar-refractivity contribution < 1.29 is 4.79 Å². The van der Waals surface area contributed by atoms with Crippen LogP contribution in [0.5, 0.6) is 0 Å². The minimum Gasteiger partial charge on any atom is -0.341 e. The molecular weight excluding hydrogens is 335 g/mol. The van der Waals surface area contributed by atoms with Gasteiger partial charge in [-0.05, 0) is 43.5 Å². The van der Waals surface area contributed by atoms with Gasteiger partial charge in [0.25, 0.3) is 5.91 Å². The zero-order valence-corrected chi connectivity index (χ0v) is 13.9. The van der Waals surface area contributed by atoms with Crippen molar-refractivity contribution in [3.63, 3.8) is 0 Å². The number of carbonyl (C=O) groups is 1. The lowest BCUT2D eigenvalue weighted by Crippen LogP contribution is -2.31. The Bertz CT molecular complexity index is 717. The molecule has 23 heavy (non-hydrogen) atoms. The molecule has 0 atom stereocenters. The second-order valence-corrected chi connectivity index (χ2v) is 6.19. The number of benzene rings is 1. The van der Waals surface area contributed by atoms with E-state index in [1.807, 2.05) is 0 Å². The van der Waals surface area contributed by atoms with Crippen molar-refractivity contribution in [1.82, 2.24) is 9.97 Å². The van der Waals surface area contributed by atoms with Crippen LogP contribution in [0.15, 0.2) is 30.5 Å². The number of nitrogens with zero attached hydrogens (tertiary/aromatic N) is 3. The number of piperidine rings is 1. The van der Waals surface area contributed by atoms with Gasteiger partial charge in [0.15, 0.2) is 0 Å². The molecule has 7 heteroatoms. The predicted octanol–water partition coefficient (Wildman–Crippen LogP) is 4.03. The molecule has 5 nitrogen and oxygen atoms in total. The van der Waals surface area contributed by atoms with Crippen LogP contribution in [-0.2, 0) is 0 Å². The highest BCUT2D eigenvalue weighted by atomic mass is 35.5. The molecular formula is C16H16Cl2N4O. The van der Waals surface area contributed by atoms with E-state index < -0.39 is 0 Å². The third-order valence-corrected chi connectivity index (χ3v) is 4.43. The van der Waals surface area contributed by atoms with Gasteiger partial charge in [-0.2, -0.15) is 0 Å². The van der Waals surface area contributed by atoms with Crippen LogP contribution in [-0.4, -0.2) is 29.0 Å². The molecule has 0 bridgehead atoms. The number of rotatable bonds is 3. The highest BCUT2D eigenvalue weighted by Crippen LogP contribution is 2.25. The molecule has 2 aromatic rings. The first-order valence-corrected chi connectivity index (χ1v) is 8.23. The van der Waals surface area contributed by atoms with E-state index in [1.54, 1.807) is 30.5 Å². The van der Waals surface area contributed by atoms with E-state index in [0.29, 0.717) is 27.4 Å². The average Bonchev–Trinajstić information content (AvgIpc) is 2.59. The molecule has 1 aromatic heterocycles. The smallest absolute Gasteiger partial charge is 0.274 e. The van der Waals surface area contributed by atoms with Gasteiger partial charge in [0.1, 0.15) is 5.69 Å². The van der Waals surface area contributed by atoms with Crippen LogP contribution in [0.2, 0.25) is 10.0 Å². The first-order chi connectivity index (χ1) is 11.1. The lowest BCUT2D eigenvalue weighted by atomic mass is 10.1. The van der Waals surface area contributed by atoms with Crippen molar-refractivity contribution in [1.29, 1.82) is 0 Å². The Labute approximate surface area is 144 Å². The third kappa shape index (κ3) is 3.92. The lowest BCUT2D eigenvalue weighted by Gasteiger charge is -2.26. The third-order valence-electron chi connectivity index (χ3n) is 3.69. The number of carbonyl (C=O) groups excluding carboxylic acids is 1. The number of hydrogen-bond donors (Lipinski definition) is 1. The molecule has 1 aliphatic rings. The summed E-state index contributed by atoms with van der Waals surface area (Å²) in [6.45, 7) is 1.86. The minimum absolute atomic E-state index is 0.302. The van der Waals surface area contributed by atoms with Gasteiger partial charge in [0.05, 0.1) is 10.0 Å². The molecule has 0 radical (unpaired) electrons. The van der Waals surface area contributed by atoms with Crippen LogP contribution < -0.4 is 10.2 Å². The number of halogens is 2. The minimum atomic E-state index is -0.302. The molecule has 1 amide bonds. The van der Waals surface area contributed by atoms with Gasteiger partial charge >= 0.3 is 0 Å². The van der Waals surface area contributed by atoms with E-state index in [0.717, 1.165) is 25.9 Å². The van der Waals surface area contributed by atoms with Crippen molar-refractivity contribution in [3.05, 3.63) is 46.2 Å². The largest absolute Gasteiger partial charge is 0.341 e. The van der Waals surface area contributed by atoms with Crippen molar-refractivity contribution in [2.45, 2.75) is 19.3 Å². The molecule has 1 fully saturated rings. The van der Waals surface area contributed by atoms with Crippen molar-refractivity contribution in [2.24, 2.45) is 0 Å². The molecule has 2 heterocycles. The standard InChI is InChI=1S/C16H16Cl2N4O/c17-12-5-4-11(10-13(12)18)20-15(23)14-6-7-19-16(21-14)22-8-2-1-3-9-22/h4-7,10H,1-3,8-9H2,(H,20,23). The molecule has 0 unspecified atom stereocenters. The summed E-state index contributed by atoms with van der Waals surface area (Å²) in [5.41, 5.74) is 0.897. The first kappa shape index (κ1) is 16.0. The summed E-state index contributed by atoms with van der Waals surface area (Å²) >= 11 is 11.8.